The average Bonchev–Trinajstić information content (AvgIpc) is 2.26. The minimum absolute atomic E-state index is 0.717. The van der Waals surface area contributed by atoms with Gasteiger partial charge in [-0.25, -0.2) is 4.39 Å². The molecule has 0 aromatic heterocycles. The topological polar surface area (TPSA) is 64.6 Å². The van der Waals surface area contributed by atoms with Gasteiger partial charge in [-0.2, -0.15) is 13.2 Å². The van der Waals surface area contributed by atoms with E-state index in [-0.39, 0.29) is 0 Å². The third-order valence-electron chi connectivity index (χ3n) is 2.45. The monoisotopic (exact) mass is 286 g/mol. The molecule has 0 aromatic rings. The van der Waals surface area contributed by atoms with Crippen molar-refractivity contribution < 1.29 is 36.6 Å². The maximum absolute atomic E-state index is 13.5. The summed E-state index contributed by atoms with van der Waals surface area (Å²) in [7, 11) is 0. The highest BCUT2D eigenvalue weighted by molar-refractivity contribution is 5.82. The first kappa shape index (κ1) is 15.7. The van der Waals surface area contributed by atoms with Crippen molar-refractivity contribution in [3.63, 3.8) is 0 Å². The van der Waals surface area contributed by atoms with Gasteiger partial charge in [-0.1, -0.05) is 0 Å². The summed E-state index contributed by atoms with van der Waals surface area (Å²) >= 11 is 0. The van der Waals surface area contributed by atoms with Crippen molar-refractivity contribution in [1.29, 1.82) is 0 Å². The molecule has 0 saturated carbocycles. The van der Waals surface area contributed by atoms with Gasteiger partial charge in [-0.05, 0) is 6.92 Å². The molecule has 5 nitrogen and oxygen atoms in total. The predicted molar refractivity (Wildman–Crippen MR) is 53.3 cm³/mol. The Kier molecular flexibility index (Phi) is 4.72. The third-order valence-corrected chi connectivity index (χ3v) is 2.45. The Morgan fingerprint density at radius 1 is 1.37 bits per heavy atom. The minimum atomic E-state index is -5.12. The Morgan fingerprint density at radius 3 is 2.42 bits per heavy atom. The van der Waals surface area contributed by atoms with Crippen molar-refractivity contribution in [1.82, 2.24) is 5.32 Å². The van der Waals surface area contributed by atoms with Crippen molar-refractivity contribution in [3.8, 4) is 0 Å². The lowest BCUT2D eigenvalue weighted by atomic mass is 9.98. The number of esters is 1. The molecule has 0 aliphatic carbocycles. The van der Waals surface area contributed by atoms with Gasteiger partial charge in [-0.15, -0.1) is 0 Å². The number of nitrogens with one attached hydrogen (secondary N) is 1. The Bertz CT molecular complexity index is 360. The molecule has 0 bridgehead atoms. The van der Waals surface area contributed by atoms with Gasteiger partial charge in [0.2, 0.25) is 0 Å². The zero-order valence-electron chi connectivity index (χ0n) is 10.0. The Hall–Kier alpha value is -1.38. The summed E-state index contributed by atoms with van der Waals surface area (Å²) < 4.78 is 59.3. The number of halogens is 4. The largest absolute Gasteiger partial charge is 0.471 e. The van der Waals surface area contributed by atoms with Gasteiger partial charge in [-0.3, -0.25) is 9.59 Å². The van der Waals surface area contributed by atoms with Crippen molar-refractivity contribution in [3.05, 3.63) is 6.61 Å². The second kappa shape index (κ2) is 5.72. The number of carbonyl (C=O) groups is 2. The highest BCUT2D eigenvalue weighted by atomic mass is 19.4. The summed E-state index contributed by atoms with van der Waals surface area (Å²) in [6.45, 7) is 3.02. The normalized spacial score (nSPS) is 31.7. The molecule has 1 heterocycles. The van der Waals surface area contributed by atoms with Crippen LogP contribution in [0.3, 0.4) is 0 Å². The number of carbonyl (C=O) groups excluding carboxylic acids is 2. The van der Waals surface area contributed by atoms with E-state index >= 15 is 0 Å². The summed E-state index contributed by atoms with van der Waals surface area (Å²) in [4.78, 5) is 21.7. The summed E-state index contributed by atoms with van der Waals surface area (Å²) in [6.07, 6.45) is -9.58. The molecule has 1 aliphatic heterocycles. The van der Waals surface area contributed by atoms with E-state index in [2.05, 4.69) is 4.74 Å². The second-order valence-corrected chi connectivity index (χ2v) is 3.99. The molecular formula is C10H12F4NO4. The van der Waals surface area contributed by atoms with Crippen LogP contribution in [0.1, 0.15) is 13.8 Å². The van der Waals surface area contributed by atoms with Gasteiger partial charge in [0, 0.05) is 6.92 Å². The molecule has 1 fully saturated rings. The van der Waals surface area contributed by atoms with Crippen LogP contribution in [0.25, 0.3) is 0 Å². The SMILES string of the molecule is CC(=O)O[C@@H]1[C@H](NC(=O)C(F)(F)F)[C@H](C)O[CH][C@@H]1F. The molecule has 1 saturated heterocycles. The summed E-state index contributed by atoms with van der Waals surface area (Å²) in [6, 6.07) is -1.43. The molecule has 1 rings (SSSR count). The van der Waals surface area contributed by atoms with E-state index in [1.807, 2.05) is 0 Å². The van der Waals surface area contributed by atoms with Crippen LogP contribution in [0.4, 0.5) is 17.6 Å². The van der Waals surface area contributed by atoms with E-state index in [0.29, 0.717) is 6.61 Å². The van der Waals surface area contributed by atoms with Crippen LogP contribution in [-0.4, -0.2) is 42.5 Å². The van der Waals surface area contributed by atoms with E-state index in [0.717, 1.165) is 6.92 Å². The predicted octanol–water partition coefficient (Wildman–Crippen LogP) is 0.884. The molecule has 1 amide bonds. The smallest absolute Gasteiger partial charge is 0.457 e. The lowest BCUT2D eigenvalue weighted by molar-refractivity contribution is -0.181. The molecule has 19 heavy (non-hydrogen) atoms. The van der Waals surface area contributed by atoms with Crippen LogP contribution in [-0.2, 0) is 19.1 Å². The van der Waals surface area contributed by atoms with E-state index in [9.17, 15) is 27.2 Å². The number of ether oxygens (including phenoxy) is 2. The van der Waals surface area contributed by atoms with E-state index in [1.165, 1.54) is 6.92 Å². The molecule has 1 aliphatic rings. The third kappa shape index (κ3) is 4.05. The number of rotatable bonds is 2. The summed E-state index contributed by atoms with van der Waals surface area (Å²) in [5.41, 5.74) is 0. The van der Waals surface area contributed by atoms with Gasteiger partial charge < -0.3 is 14.8 Å². The lowest BCUT2D eigenvalue weighted by Gasteiger charge is -2.37. The Balaban J connectivity index is 2.84. The Morgan fingerprint density at radius 2 is 1.95 bits per heavy atom. The molecule has 1 radical (unpaired) electrons. The quantitative estimate of drug-likeness (QED) is 0.604. The molecule has 0 aromatic carbocycles. The second-order valence-electron chi connectivity index (χ2n) is 3.99. The van der Waals surface area contributed by atoms with Crippen molar-refractivity contribution in [2.24, 2.45) is 0 Å². The molecule has 4 atom stereocenters. The van der Waals surface area contributed by atoms with Crippen LogP contribution in [0.5, 0.6) is 0 Å². The van der Waals surface area contributed by atoms with Gasteiger partial charge in [0.05, 0.1) is 12.1 Å². The van der Waals surface area contributed by atoms with Gasteiger partial charge in [0.15, 0.2) is 12.3 Å². The molecule has 1 N–H and O–H groups in total. The minimum Gasteiger partial charge on any atom is -0.457 e. The van der Waals surface area contributed by atoms with Gasteiger partial charge in [0.25, 0.3) is 0 Å². The first-order valence-corrected chi connectivity index (χ1v) is 5.30. The molecular weight excluding hydrogens is 274 g/mol. The lowest BCUT2D eigenvalue weighted by Crippen LogP contribution is -2.60. The fourth-order valence-corrected chi connectivity index (χ4v) is 1.59. The van der Waals surface area contributed by atoms with Crippen molar-refractivity contribution in [2.45, 2.75) is 44.4 Å². The standard InChI is InChI=1S/C10H12F4NO4/c1-4-7(15-9(17)10(12,13)14)8(19-5(2)16)6(11)3-18-4/h3-4,6-8H,1-2H3,(H,15,17)/t4-,6-,7+,8-/m0/s1. The molecule has 0 spiro atoms. The van der Waals surface area contributed by atoms with Crippen LogP contribution in [0.15, 0.2) is 0 Å². The zero-order chi connectivity index (χ0) is 14.8. The van der Waals surface area contributed by atoms with Crippen LogP contribution < -0.4 is 5.32 Å². The van der Waals surface area contributed by atoms with Crippen LogP contribution in [0, 0.1) is 6.61 Å². The zero-order valence-corrected chi connectivity index (χ0v) is 10.0. The number of amides is 1. The van der Waals surface area contributed by atoms with E-state index < -0.39 is 42.5 Å². The number of hydrogen-bond acceptors (Lipinski definition) is 4. The fraction of sp³-hybridized carbons (Fsp3) is 0.700. The van der Waals surface area contributed by atoms with Crippen molar-refractivity contribution in [2.75, 3.05) is 0 Å². The number of alkyl halides is 4. The Labute approximate surface area is 106 Å². The first-order chi connectivity index (χ1) is 8.62. The fourth-order valence-electron chi connectivity index (χ4n) is 1.59. The molecule has 109 valence electrons. The maximum Gasteiger partial charge on any atom is 0.471 e. The van der Waals surface area contributed by atoms with Crippen LogP contribution in [0.2, 0.25) is 0 Å². The summed E-state index contributed by atoms with van der Waals surface area (Å²) in [5, 5.41) is 1.57. The van der Waals surface area contributed by atoms with E-state index in [1.54, 1.807) is 5.32 Å². The maximum atomic E-state index is 13.5. The highest BCUT2D eigenvalue weighted by Gasteiger charge is 2.47. The number of hydrogen-bond donors (Lipinski definition) is 1. The molecule has 9 heteroatoms. The van der Waals surface area contributed by atoms with Crippen LogP contribution >= 0.6 is 0 Å². The van der Waals surface area contributed by atoms with E-state index in [4.69, 9.17) is 4.74 Å². The van der Waals surface area contributed by atoms with Crippen molar-refractivity contribution >= 4 is 11.9 Å². The van der Waals surface area contributed by atoms with Gasteiger partial charge >= 0.3 is 18.1 Å². The highest BCUT2D eigenvalue weighted by Crippen LogP contribution is 2.25. The van der Waals surface area contributed by atoms with Gasteiger partial charge in [0.1, 0.15) is 6.61 Å². The molecule has 0 unspecified atom stereocenters. The first-order valence-electron chi connectivity index (χ1n) is 5.30. The summed E-state index contributed by atoms with van der Waals surface area (Å²) in [5.74, 6) is -3.12. The average molecular weight is 286 g/mol.